The molecule has 1 atom stereocenters. The molecular formula is C16H21N3O2. The predicted octanol–water partition coefficient (Wildman–Crippen LogP) is 0.869. The Balaban J connectivity index is 1.72. The molecule has 0 bridgehead atoms. The number of carbonyl (C=O) groups excluding carboxylic acids is 2. The molecule has 2 fully saturated rings. The van der Waals surface area contributed by atoms with E-state index in [-0.39, 0.29) is 24.4 Å². The minimum Gasteiger partial charge on any atom is -0.329 e. The van der Waals surface area contributed by atoms with Crippen molar-refractivity contribution >= 4 is 11.8 Å². The van der Waals surface area contributed by atoms with E-state index in [0.29, 0.717) is 13.1 Å². The van der Waals surface area contributed by atoms with E-state index in [1.54, 1.807) is 9.80 Å². The normalized spacial score (nSPS) is 22.4. The van der Waals surface area contributed by atoms with Gasteiger partial charge in [0.15, 0.2) is 0 Å². The molecule has 2 aliphatic rings. The second-order valence-corrected chi connectivity index (χ2v) is 5.81. The molecule has 1 aromatic rings. The van der Waals surface area contributed by atoms with Crippen molar-refractivity contribution < 1.29 is 9.59 Å². The fraction of sp³-hybridized carbons (Fsp3) is 0.500. The van der Waals surface area contributed by atoms with E-state index in [1.807, 2.05) is 24.3 Å². The van der Waals surface area contributed by atoms with Gasteiger partial charge in [-0.25, -0.2) is 0 Å². The SMILES string of the molecule is NCc1ccc(CN2CC(=O)N3CCCCC3C2=O)cc1. The summed E-state index contributed by atoms with van der Waals surface area (Å²) in [6, 6.07) is 7.67. The highest BCUT2D eigenvalue weighted by Crippen LogP contribution is 2.24. The van der Waals surface area contributed by atoms with E-state index in [4.69, 9.17) is 5.73 Å². The minimum atomic E-state index is -0.233. The highest BCUT2D eigenvalue weighted by atomic mass is 16.2. The Morgan fingerprint density at radius 2 is 1.81 bits per heavy atom. The number of rotatable bonds is 3. The summed E-state index contributed by atoms with van der Waals surface area (Å²) in [4.78, 5) is 28.2. The van der Waals surface area contributed by atoms with Crippen molar-refractivity contribution in [2.24, 2.45) is 5.73 Å². The molecule has 2 aliphatic heterocycles. The van der Waals surface area contributed by atoms with Crippen LogP contribution in [0, 0.1) is 0 Å². The molecule has 2 heterocycles. The number of nitrogens with zero attached hydrogens (tertiary/aromatic N) is 2. The topological polar surface area (TPSA) is 66.6 Å². The van der Waals surface area contributed by atoms with Crippen molar-refractivity contribution in [3.05, 3.63) is 35.4 Å². The third-order valence-electron chi connectivity index (χ3n) is 4.38. The number of benzene rings is 1. The number of nitrogens with two attached hydrogens (primary N) is 1. The van der Waals surface area contributed by atoms with Crippen molar-refractivity contribution in [2.75, 3.05) is 13.1 Å². The largest absolute Gasteiger partial charge is 0.329 e. The molecule has 0 saturated carbocycles. The van der Waals surface area contributed by atoms with Crippen LogP contribution < -0.4 is 5.73 Å². The van der Waals surface area contributed by atoms with Crippen LogP contribution in [0.5, 0.6) is 0 Å². The van der Waals surface area contributed by atoms with Crippen molar-refractivity contribution in [3.8, 4) is 0 Å². The summed E-state index contributed by atoms with van der Waals surface area (Å²) in [5.41, 5.74) is 7.69. The molecule has 2 saturated heterocycles. The zero-order valence-corrected chi connectivity index (χ0v) is 12.1. The third-order valence-corrected chi connectivity index (χ3v) is 4.38. The number of carbonyl (C=O) groups is 2. The smallest absolute Gasteiger partial charge is 0.246 e. The van der Waals surface area contributed by atoms with Gasteiger partial charge in [-0.2, -0.15) is 0 Å². The summed E-state index contributed by atoms with van der Waals surface area (Å²) in [6.45, 7) is 1.94. The Labute approximate surface area is 124 Å². The van der Waals surface area contributed by atoms with Crippen LogP contribution in [0.25, 0.3) is 0 Å². The lowest BCUT2D eigenvalue weighted by atomic mass is 9.98. The fourth-order valence-electron chi connectivity index (χ4n) is 3.16. The van der Waals surface area contributed by atoms with Crippen LogP contribution in [0.15, 0.2) is 24.3 Å². The van der Waals surface area contributed by atoms with Crippen LogP contribution in [0.3, 0.4) is 0 Å². The van der Waals surface area contributed by atoms with Gasteiger partial charge < -0.3 is 15.5 Å². The fourth-order valence-corrected chi connectivity index (χ4v) is 3.16. The maximum absolute atomic E-state index is 12.5. The Kier molecular flexibility index (Phi) is 3.92. The van der Waals surface area contributed by atoms with Gasteiger partial charge in [0.05, 0.1) is 0 Å². The van der Waals surface area contributed by atoms with Crippen LogP contribution in [-0.4, -0.2) is 40.7 Å². The lowest BCUT2D eigenvalue weighted by Gasteiger charge is -2.42. The molecule has 2 amide bonds. The van der Waals surface area contributed by atoms with Crippen LogP contribution in [0.2, 0.25) is 0 Å². The van der Waals surface area contributed by atoms with E-state index in [2.05, 4.69) is 0 Å². The van der Waals surface area contributed by atoms with Gasteiger partial charge in [-0.15, -0.1) is 0 Å². The summed E-state index contributed by atoms with van der Waals surface area (Å²) in [5.74, 6) is 0.176. The lowest BCUT2D eigenvalue weighted by Crippen LogP contribution is -2.60. The van der Waals surface area contributed by atoms with Gasteiger partial charge in [0.25, 0.3) is 0 Å². The standard InChI is InChI=1S/C16H21N3O2/c17-9-12-4-6-13(7-5-12)10-18-11-15(20)19-8-2-1-3-14(19)16(18)21/h4-7,14H,1-3,8-11,17H2. The quantitative estimate of drug-likeness (QED) is 0.897. The second-order valence-electron chi connectivity index (χ2n) is 5.81. The van der Waals surface area contributed by atoms with Gasteiger partial charge in [-0.3, -0.25) is 9.59 Å². The van der Waals surface area contributed by atoms with E-state index < -0.39 is 0 Å². The molecule has 1 aromatic carbocycles. The second kappa shape index (κ2) is 5.85. The molecule has 0 aromatic heterocycles. The van der Waals surface area contributed by atoms with E-state index in [0.717, 1.165) is 36.9 Å². The van der Waals surface area contributed by atoms with Gasteiger partial charge in [-0.05, 0) is 30.4 Å². The van der Waals surface area contributed by atoms with Crippen LogP contribution in [-0.2, 0) is 22.7 Å². The Hall–Kier alpha value is -1.88. The molecule has 5 nitrogen and oxygen atoms in total. The van der Waals surface area contributed by atoms with Gasteiger partial charge >= 0.3 is 0 Å². The van der Waals surface area contributed by atoms with Crippen LogP contribution in [0.4, 0.5) is 0 Å². The third kappa shape index (κ3) is 2.78. The number of hydrogen-bond donors (Lipinski definition) is 1. The first-order valence-electron chi connectivity index (χ1n) is 7.55. The molecule has 3 rings (SSSR count). The Morgan fingerprint density at radius 3 is 2.52 bits per heavy atom. The van der Waals surface area contributed by atoms with Crippen molar-refractivity contribution in [1.29, 1.82) is 0 Å². The predicted molar refractivity (Wildman–Crippen MR) is 79.1 cm³/mol. The van der Waals surface area contributed by atoms with Crippen molar-refractivity contribution in [1.82, 2.24) is 9.80 Å². The van der Waals surface area contributed by atoms with E-state index in [9.17, 15) is 9.59 Å². The first-order valence-corrected chi connectivity index (χ1v) is 7.55. The van der Waals surface area contributed by atoms with Gasteiger partial charge in [0.1, 0.15) is 12.6 Å². The van der Waals surface area contributed by atoms with E-state index >= 15 is 0 Å². The molecule has 2 N–H and O–H groups in total. The number of hydrogen-bond acceptors (Lipinski definition) is 3. The van der Waals surface area contributed by atoms with E-state index in [1.165, 1.54) is 0 Å². The molecule has 1 unspecified atom stereocenters. The molecule has 112 valence electrons. The molecular weight excluding hydrogens is 266 g/mol. The summed E-state index contributed by atoms with van der Waals surface area (Å²) >= 11 is 0. The molecule has 5 heteroatoms. The number of amides is 2. The first kappa shape index (κ1) is 14.1. The zero-order valence-electron chi connectivity index (χ0n) is 12.1. The monoisotopic (exact) mass is 287 g/mol. The number of piperidine rings is 1. The Bertz CT molecular complexity index is 541. The van der Waals surface area contributed by atoms with Gasteiger partial charge in [0.2, 0.25) is 11.8 Å². The number of piperazine rings is 1. The van der Waals surface area contributed by atoms with Crippen molar-refractivity contribution in [3.63, 3.8) is 0 Å². The maximum Gasteiger partial charge on any atom is 0.246 e. The average Bonchev–Trinajstić information content (AvgIpc) is 2.53. The molecule has 21 heavy (non-hydrogen) atoms. The number of fused-ring (bicyclic) bond motifs is 1. The summed E-state index contributed by atoms with van der Waals surface area (Å²) in [6.07, 6.45) is 2.84. The van der Waals surface area contributed by atoms with Crippen LogP contribution >= 0.6 is 0 Å². The van der Waals surface area contributed by atoms with Gasteiger partial charge in [-0.1, -0.05) is 24.3 Å². The summed E-state index contributed by atoms with van der Waals surface area (Å²) in [7, 11) is 0. The highest BCUT2D eigenvalue weighted by molar-refractivity contribution is 5.95. The van der Waals surface area contributed by atoms with Crippen molar-refractivity contribution in [2.45, 2.75) is 38.4 Å². The molecule has 0 aliphatic carbocycles. The minimum absolute atomic E-state index is 0.0814. The molecule has 0 radical (unpaired) electrons. The van der Waals surface area contributed by atoms with Gasteiger partial charge in [0, 0.05) is 19.6 Å². The van der Waals surface area contributed by atoms with Crippen LogP contribution in [0.1, 0.15) is 30.4 Å². The Morgan fingerprint density at radius 1 is 1.10 bits per heavy atom. The molecule has 0 spiro atoms. The first-order chi connectivity index (χ1) is 10.2. The zero-order chi connectivity index (χ0) is 14.8. The highest BCUT2D eigenvalue weighted by Gasteiger charge is 2.40. The average molecular weight is 287 g/mol. The summed E-state index contributed by atoms with van der Waals surface area (Å²) in [5, 5.41) is 0. The summed E-state index contributed by atoms with van der Waals surface area (Å²) < 4.78 is 0. The lowest BCUT2D eigenvalue weighted by molar-refractivity contribution is -0.158. The maximum atomic E-state index is 12.5.